The normalized spacial score (nSPS) is 19.7. The van der Waals surface area contributed by atoms with Crippen LogP contribution >= 0.6 is 23.2 Å². The van der Waals surface area contributed by atoms with Crippen molar-refractivity contribution >= 4 is 23.2 Å². The average Bonchev–Trinajstić information content (AvgIpc) is 2.37. The van der Waals surface area contributed by atoms with E-state index in [-0.39, 0.29) is 6.04 Å². The highest BCUT2D eigenvalue weighted by molar-refractivity contribution is 6.42. The topological polar surface area (TPSA) is 38.0 Å². The number of hydrogen-bond donors (Lipinski definition) is 2. The van der Waals surface area contributed by atoms with Gasteiger partial charge in [0.15, 0.2) is 0 Å². The number of benzene rings is 1. The van der Waals surface area contributed by atoms with E-state index in [1.54, 1.807) is 0 Å². The average molecular weight is 301 g/mol. The lowest BCUT2D eigenvalue weighted by Crippen LogP contribution is -2.34. The van der Waals surface area contributed by atoms with E-state index in [9.17, 15) is 0 Å². The predicted molar refractivity (Wildman–Crippen MR) is 82.3 cm³/mol. The van der Waals surface area contributed by atoms with E-state index in [2.05, 4.69) is 5.43 Å². The van der Waals surface area contributed by atoms with Crippen LogP contribution in [0, 0.1) is 5.92 Å². The molecular weight excluding hydrogens is 279 g/mol. The van der Waals surface area contributed by atoms with Gasteiger partial charge in [0.2, 0.25) is 0 Å². The van der Waals surface area contributed by atoms with Crippen LogP contribution < -0.4 is 11.3 Å². The number of hydrogen-bond acceptors (Lipinski definition) is 2. The number of halogens is 2. The molecule has 1 aliphatic rings. The molecule has 2 rings (SSSR count). The molecule has 0 saturated heterocycles. The highest BCUT2D eigenvalue weighted by Crippen LogP contribution is 2.37. The van der Waals surface area contributed by atoms with Gasteiger partial charge in [-0.1, -0.05) is 67.4 Å². The van der Waals surface area contributed by atoms with Crippen molar-refractivity contribution in [1.82, 2.24) is 5.43 Å². The number of nitrogens with one attached hydrogen (secondary N) is 1. The number of nitrogens with two attached hydrogens (primary N) is 1. The van der Waals surface area contributed by atoms with Gasteiger partial charge in [-0.2, -0.15) is 0 Å². The van der Waals surface area contributed by atoms with Crippen LogP contribution in [0.3, 0.4) is 0 Å². The van der Waals surface area contributed by atoms with E-state index < -0.39 is 0 Å². The summed E-state index contributed by atoms with van der Waals surface area (Å²) in [6, 6.07) is 5.89. The molecule has 0 bridgehead atoms. The molecule has 1 unspecified atom stereocenters. The summed E-state index contributed by atoms with van der Waals surface area (Å²) in [5.74, 6) is 6.34. The molecule has 19 heavy (non-hydrogen) atoms. The lowest BCUT2D eigenvalue weighted by atomic mass is 9.83. The van der Waals surface area contributed by atoms with Gasteiger partial charge in [-0.25, -0.2) is 0 Å². The largest absolute Gasteiger partial charge is 0.271 e. The predicted octanol–water partition coefficient (Wildman–Crippen LogP) is 4.86. The number of rotatable bonds is 3. The van der Waals surface area contributed by atoms with E-state index >= 15 is 0 Å². The summed E-state index contributed by atoms with van der Waals surface area (Å²) >= 11 is 12.4. The minimum Gasteiger partial charge on any atom is -0.271 e. The molecule has 2 nitrogen and oxygen atoms in total. The molecule has 106 valence electrons. The van der Waals surface area contributed by atoms with Crippen molar-refractivity contribution in [2.45, 2.75) is 51.0 Å². The van der Waals surface area contributed by atoms with Crippen molar-refractivity contribution in [2.75, 3.05) is 0 Å². The Labute approximate surface area is 125 Å². The third-order valence-corrected chi connectivity index (χ3v) is 4.95. The summed E-state index contributed by atoms with van der Waals surface area (Å²) in [4.78, 5) is 0. The van der Waals surface area contributed by atoms with Gasteiger partial charge in [0.25, 0.3) is 0 Å². The first-order valence-electron chi connectivity index (χ1n) is 7.14. The third kappa shape index (κ3) is 3.85. The molecule has 1 aromatic rings. The van der Waals surface area contributed by atoms with Gasteiger partial charge >= 0.3 is 0 Å². The minimum absolute atomic E-state index is 0.101. The zero-order chi connectivity index (χ0) is 13.7. The van der Waals surface area contributed by atoms with Gasteiger partial charge in [-0.3, -0.25) is 11.3 Å². The quantitative estimate of drug-likeness (QED) is 0.618. The fraction of sp³-hybridized carbons (Fsp3) is 0.600. The molecule has 0 amide bonds. The molecule has 1 aliphatic carbocycles. The first kappa shape index (κ1) is 15.1. The second-order valence-corrected chi connectivity index (χ2v) is 6.18. The van der Waals surface area contributed by atoms with Crippen molar-refractivity contribution in [2.24, 2.45) is 11.8 Å². The van der Waals surface area contributed by atoms with Crippen LogP contribution in [0.2, 0.25) is 10.0 Å². The fourth-order valence-electron chi connectivity index (χ4n) is 3.06. The monoisotopic (exact) mass is 300 g/mol. The standard InChI is InChI=1S/C15H22Cl2N2/c16-13-10-6-9-12(14(13)17)15(19-18)11-7-4-2-1-3-5-8-11/h6,9-11,15,19H,1-5,7-8,18H2. The Balaban J connectivity index is 2.19. The highest BCUT2D eigenvalue weighted by Gasteiger charge is 2.25. The maximum atomic E-state index is 6.33. The molecule has 3 N–H and O–H groups in total. The fourth-order valence-corrected chi connectivity index (χ4v) is 3.49. The summed E-state index contributed by atoms with van der Waals surface area (Å²) < 4.78 is 0. The minimum atomic E-state index is 0.101. The summed E-state index contributed by atoms with van der Waals surface area (Å²) in [5.41, 5.74) is 3.99. The first-order chi connectivity index (χ1) is 9.24. The van der Waals surface area contributed by atoms with Gasteiger partial charge in [0.1, 0.15) is 0 Å². The van der Waals surface area contributed by atoms with E-state index in [0.29, 0.717) is 16.0 Å². The molecule has 4 heteroatoms. The van der Waals surface area contributed by atoms with Gasteiger partial charge in [-0.05, 0) is 30.4 Å². The zero-order valence-corrected chi connectivity index (χ0v) is 12.7. The van der Waals surface area contributed by atoms with Gasteiger partial charge in [0.05, 0.1) is 16.1 Å². The van der Waals surface area contributed by atoms with Crippen LogP contribution in [0.1, 0.15) is 56.6 Å². The van der Waals surface area contributed by atoms with Crippen LogP contribution in [0.25, 0.3) is 0 Å². The second-order valence-electron chi connectivity index (χ2n) is 5.39. The maximum Gasteiger partial charge on any atom is 0.0640 e. The summed E-state index contributed by atoms with van der Waals surface area (Å²) in [5, 5.41) is 1.24. The molecule has 1 aromatic carbocycles. The Bertz CT molecular complexity index is 401. The highest BCUT2D eigenvalue weighted by atomic mass is 35.5. The molecule has 0 aromatic heterocycles. The Hall–Kier alpha value is -0.280. The molecule has 1 saturated carbocycles. The zero-order valence-electron chi connectivity index (χ0n) is 11.2. The molecule has 1 fully saturated rings. The third-order valence-electron chi connectivity index (χ3n) is 4.12. The molecule has 0 spiro atoms. The Kier molecular flexibility index (Phi) is 5.96. The Morgan fingerprint density at radius 3 is 2.32 bits per heavy atom. The molecule has 1 atom stereocenters. The molecule has 0 aliphatic heterocycles. The summed E-state index contributed by atoms with van der Waals surface area (Å²) in [7, 11) is 0. The van der Waals surface area contributed by atoms with E-state index in [1.807, 2.05) is 18.2 Å². The Morgan fingerprint density at radius 2 is 1.68 bits per heavy atom. The SMILES string of the molecule is NNC(c1cccc(Cl)c1Cl)C1CCCCCCC1. The second kappa shape index (κ2) is 7.49. The van der Waals surface area contributed by atoms with Crippen LogP contribution in [-0.2, 0) is 0 Å². The van der Waals surface area contributed by atoms with Crippen molar-refractivity contribution in [1.29, 1.82) is 0 Å². The smallest absolute Gasteiger partial charge is 0.0640 e. The van der Waals surface area contributed by atoms with Crippen LogP contribution in [0.4, 0.5) is 0 Å². The van der Waals surface area contributed by atoms with Crippen molar-refractivity contribution in [3.63, 3.8) is 0 Å². The van der Waals surface area contributed by atoms with Crippen LogP contribution in [0.5, 0.6) is 0 Å². The van der Waals surface area contributed by atoms with Gasteiger partial charge in [-0.15, -0.1) is 0 Å². The van der Waals surface area contributed by atoms with Crippen LogP contribution in [0.15, 0.2) is 18.2 Å². The van der Waals surface area contributed by atoms with E-state index in [1.165, 1.54) is 44.9 Å². The van der Waals surface area contributed by atoms with Crippen molar-refractivity contribution < 1.29 is 0 Å². The maximum absolute atomic E-state index is 6.33. The van der Waals surface area contributed by atoms with Gasteiger partial charge < -0.3 is 0 Å². The van der Waals surface area contributed by atoms with Crippen molar-refractivity contribution in [3.05, 3.63) is 33.8 Å². The molecule has 0 radical (unpaired) electrons. The lowest BCUT2D eigenvalue weighted by Gasteiger charge is -2.29. The van der Waals surface area contributed by atoms with Crippen LogP contribution in [-0.4, -0.2) is 0 Å². The molecular formula is C15H22Cl2N2. The summed E-state index contributed by atoms with van der Waals surface area (Å²) in [6.07, 6.45) is 9.00. The van der Waals surface area contributed by atoms with E-state index in [4.69, 9.17) is 29.0 Å². The lowest BCUT2D eigenvalue weighted by molar-refractivity contribution is 0.291. The number of hydrazine groups is 1. The summed E-state index contributed by atoms with van der Waals surface area (Å²) in [6.45, 7) is 0. The first-order valence-corrected chi connectivity index (χ1v) is 7.89. The van der Waals surface area contributed by atoms with Crippen molar-refractivity contribution in [3.8, 4) is 0 Å². The van der Waals surface area contributed by atoms with E-state index in [0.717, 1.165) is 5.56 Å². The van der Waals surface area contributed by atoms with Gasteiger partial charge in [0, 0.05) is 0 Å². The molecule has 0 heterocycles. The Morgan fingerprint density at radius 1 is 1.05 bits per heavy atom.